The van der Waals surface area contributed by atoms with Crippen molar-refractivity contribution in [2.24, 2.45) is 0 Å². The van der Waals surface area contributed by atoms with E-state index in [1.54, 1.807) is 54.6 Å². The van der Waals surface area contributed by atoms with E-state index in [2.05, 4.69) is 36.2 Å². The van der Waals surface area contributed by atoms with Gasteiger partial charge in [-0.3, -0.25) is 9.52 Å². The molecule has 11 heteroatoms. The van der Waals surface area contributed by atoms with Gasteiger partial charge in [0.05, 0.1) is 10.6 Å². The van der Waals surface area contributed by atoms with Crippen LogP contribution in [0.25, 0.3) is 11.5 Å². The summed E-state index contributed by atoms with van der Waals surface area (Å²) in [4.78, 5) is 12.3. The smallest absolute Gasteiger partial charge is 0.277 e. The summed E-state index contributed by atoms with van der Waals surface area (Å²) in [6.07, 6.45) is 0. The van der Waals surface area contributed by atoms with E-state index < -0.39 is 10.0 Å². The van der Waals surface area contributed by atoms with Crippen molar-refractivity contribution in [1.82, 2.24) is 10.2 Å². The van der Waals surface area contributed by atoms with E-state index in [1.807, 2.05) is 12.1 Å². The number of hydrogen-bond acceptors (Lipinski definition) is 7. The number of carbonyl (C=O) groups is 1. The summed E-state index contributed by atoms with van der Waals surface area (Å²) in [6.45, 7) is 0. The number of nitrogens with zero attached hydrogens (tertiary/aromatic N) is 2. The molecule has 0 aliphatic carbocycles. The number of aromatic nitrogens is 2. The minimum atomic E-state index is -3.67. The molecule has 0 spiro atoms. The number of halogens is 1. The molecule has 168 valence electrons. The lowest BCUT2D eigenvalue weighted by atomic mass is 10.2. The van der Waals surface area contributed by atoms with Crippen molar-refractivity contribution in [3.8, 4) is 11.5 Å². The topological polar surface area (TPSA) is 114 Å². The highest BCUT2D eigenvalue weighted by Crippen LogP contribution is 2.25. The van der Waals surface area contributed by atoms with Gasteiger partial charge >= 0.3 is 0 Å². The molecule has 33 heavy (non-hydrogen) atoms. The summed E-state index contributed by atoms with van der Waals surface area (Å²) in [5.74, 6) is 0.179. The van der Waals surface area contributed by atoms with Crippen LogP contribution in [0.4, 0.5) is 11.4 Å². The van der Waals surface area contributed by atoms with Gasteiger partial charge in [-0.15, -0.1) is 10.2 Å². The summed E-state index contributed by atoms with van der Waals surface area (Å²) in [5.41, 5.74) is 1.72. The molecule has 3 aromatic carbocycles. The van der Waals surface area contributed by atoms with Gasteiger partial charge in [0.1, 0.15) is 0 Å². The molecule has 1 aromatic heterocycles. The predicted molar refractivity (Wildman–Crippen MR) is 130 cm³/mol. The van der Waals surface area contributed by atoms with Gasteiger partial charge in [-0.2, -0.15) is 0 Å². The van der Waals surface area contributed by atoms with Crippen molar-refractivity contribution in [2.45, 2.75) is 10.1 Å². The first-order chi connectivity index (χ1) is 15.9. The fraction of sp³-hybridized carbons (Fsp3) is 0.0455. The zero-order valence-corrected chi connectivity index (χ0v) is 20.2. The third kappa shape index (κ3) is 6.21. The number of benzene rings is 3. The molecule has 0 radical (unpaired) electrons. The van der Waals surface area contributed by atoms with E-state index in [-0.39, 0.29) is 27.7 Å². The molecule has 0 saturated heterocycles. The maximum absolute atomic E-state index is 12.4. The number of hydrogen-bond donors (Lipinski definition) is 2. The van der Waals surface area contributed by atoms with Crippen molar-refractivity contribution in [3.63, 3.8) is 0 Å². The van der Waals surface area contributed by atoms with E-state index in [1.165, 1.54) is 12.1 Å². The number of rotatable bonds is 8. The summed E-state index contributed by atoms with van der Waals surface area (Å²) >= 11 is 4.47. The highest BCUT2D eigenvalue weighted by atomic mass is 79.9. The van der Waals surface area contributed by atoms with Crippen LogP contribution in [-0.4, -0.2) is 30.3 Å². The van der Waals surface area contributed by atoms with Crippen LogP contribution in [0.15, 0.2) is 97.9 Å². The zero-order valence-electron chi connectivity index (χ0n) is 16.9. The Labute approximate surface area is 203 Å². The fourth-order valence-corrected chi connectivity index (χ4v) is 4.64. The standard InChI is InChI=1S/C22H17BrN4O4S2/c23-16-8-12-17(13-9-16)24-20(28)14-32-22-26-25-21(31-22)15-6-10-18(11-7-15)27-33(29,30)19-4-2-1-3-5-19/h1-13,27H,14H2,(H,24,28). The van der Waals surface area contributed by atoms with Crippen LogP contribution in [0.3, 0.4) is 0 Å². The summed E-state index contributed by atoms with van der Waals surface area (Å²) in [7, 11) is -3.67. The average Bonchev–Trinajstić information content (AvgIpc) is 3.29. The molecule has 1 amide bonds. The summed E-state index contributed by atoms with van der Waals surface area (Å²) in [5, 5.41) is 11.0. The molecule has 0 bridgehead atoms. The lowest BCUT2D eigenvalue weighted by Crippen LogP contribution is -2.13. The Kier molecular flexibility index (Phi) is 7.11. The van der Waals surface area contributed by atoms with Gasteiger partial charge < -0.3 is 9.73 Å². The molecule has 2 N–H and O–H groups in total. The van der Waals surface area contributed by atoms with E-state index in [4.69, 9.17) is 4.42 Å². The van der Waals surface area contributed by atoms with Crippen LogP contribution in [0.5, 0.6) is 0 Å². The minimum absolute atomic E-state index is 0.109. The molecule has 0 aliphatic heterocycles. The number of thioether (sulfide) groups is 1. The molecule has 0 atom stereocenters. The fourth-order valence-electron chi connectivity index (χ4n) is 2.74. The first-order valence-electron chi connectivity index (χ1n) is 9.59. The molecular weight excluding hydrogens is 528 g/mol. The van der Waals surface area contributed by atoms with Crippen molar-refractivity contribution in [1.29, 1.82) is 0 Å². The monoisotopic (exact) mass is 544 g/mol. The Morgan fingerprint density at radius 2 is 1.58 bits per heavy atom. The van der Waals surface area contributed by atoms with Gasteiger partial charge in [-0.05, 0) is 60.7 Å². The largest absolute Gasteiger partial charge is 0.411 e. The van der Waals surface area contributed by atoms with Gasteiger partial charge in [0, 0.05) is 21.4 Å². The van der Waals surface area contributed by atoms with Crippen LogP contribution in [-0.2, 0) is 14.8 Å². The molecule has 1 heterocycles. The first-order valence-corrected chi connectivity index (χ1v) is 12.9. The second kappa shape index (κ2) is 10.2. The first kappa shape index (κ1) is 23.0. The Bertz CT molecular complexity index is 1340. The van der Waals surface area contributed by atoms with Gasteiger partial charge in [0.25, 0.3) is 15.2 Å². The molecule has 0 saturated carbocycles. The van der Waals surface area contributed by atoms with Crippen LogP contribution < -0.4 is 10.0 Å². The number of amides is 1. The molecule has 8 nitrogen and oxygen atoms in total. The lowest BCUT2D eigenvalue weighted by molar-refractivity contribution is -0.113. The third-order valence-corrected chi connectivity index (χ3v) is 7.04. The van der Waals surface area contributed by atoms with Crippen molar-refractivity contribution in [3.05, 3.63) is 83.3 Å². The minimum Gasteiger partial charge on any atom is -0.411 e. The van der Waals surface area contributed by atoms with E-state index in [0.717, 1.165) is 16.2 Å². The maximum Gasteiger partial charge on any atom is 0.277 e. The maximum atomic E-state index is 12.4. The average molecular weight is 545 g/mol. The van der Waals surface area contributed by atoms with E-state index in [0.29, 0.717) is 16.9 Å². The van der Waals surface area contributed by atoms with Crippen LogP contribution >= 0.6 is 27.7 Å². The highest BCUT2D eigenvalue weighted by molar-refractivity contribution is 9.10. The summed E-state index contributed by atoms with van der Waals surface area (Å²) < 4.78 is 33.9. The molecular formula is C22H17BrN4O4S2. The third-order valence-electron chi connectivity index (χ3n) is 4.30. The van der Waals surface area contributed by atoms with Crippen LogP contribution in [0.1, 0.15) is 0 Å². The number of nitrogens with one attached hydrogen (secondary N) is 2. The number of carbonyl (C=O) groups excluding carboxylic acids is 1. The molecule has 0 aliphatic rings. The Morgan fingerprint density at radius 1 is 0.909 bits per heavy atom. The van der Waals surface area contributed by atoms with Crippen molar-refractivity contribution < 1.29 is 17.6 Å². The molecule has 4 aromatic rings. The Balaban J connectivity index is 1.34. The van der Waals surface area contributed by atoms with E-state index in [9.17, 15) is 13.2 Å². The molecule has 0 unspecified atom stereocenters. The van der Waals surface area contributed by atoms with Crippen LogP contribution in [0.2, 0.25) is 0 Å². The molecule has 4 rings (SSSR count). The zero-order chi connectivity index (χ0) is 23.3. The molecule has 0 fully saturated rings. The second-order valence-electron chi connectivity index (χ2n) is 6.71. The van der Waals surface area contributed by atoms with Gasteiger partial charge in [0.2, 0.25) is 11.8 Å². The van der Waals surface area contributed by atoms with Gasteiger partial charge in [-0.1, -0.05) is 45.9 Å². The number of anilines is 2. The SMILES string of the molecule is O=C(CSc1nnc(-c2ccc(NS(=O)(=O)c3ccccc3)cc2)o1)Nc1ccc(Br)cc1. The predicted octanol–water partition coefficient (Wildman–Crippen LogP) is 5.03. The summed E-state index contributed by atoms with van der Waals surface area (Å²) in [6, 6.07) is 21.9. The van der Waals surface area contributed by atoms with E-state index >= 15 is 0 Å². The lowest BCUT2D eigenvalue weighted by Gasteiger charge is -2.08. The van der Waals surface area contributed by atoms with Gasteiger partial charge in [-0.25, -0.2) is 8.42 Å². The normalized spacial score (nSPS) is 11.2. The second-order valence-corrected chi connectivity index (χ2v) is 10.2. The Morgan fingerprint density at radius 3 is 2.27 bits per heavy atom. The van der Waals surface area contributed by atoms with Crippen molar-refractivity contribution in [2.75, 3.05) is 15.8 Å². The van der Waals surface area contributed by atoms with Gasteiger partial charge in [0.15, 0.2) is 0 Å². The quantitative estimate of drug-likeness (QED) is 0.299. The van der Waals surface area contributed by atoms with Crippen molar-refractivity contribution >= 4 is 55.0 Å². The highest BCUT2D eigenvalue weighted by Gasteiger charge is 2.15. The van der Waals surface area contributed by atoms with Crippen LogP contribution in [0, 0.1) is 0 Å². The number of sulfonamides is 1. The Hall–Kier alpha value is -3.15.